The van der Waals surface area contributed by atoms with Gasteiger partial charge in [-0.3, -0.25) is 9.59 Å². The van der Waals surface area contributed by atoms with E-state index in [9.17, 15) is 9.59 Å². The smallest absolute Gasteiger partial charge is 0.261 e. The summed E-state index contributed by atoms with van der Waals surface area (Å²) in [6.45, 7) is 7.93. The Labute approximate surface area is 194 Å². The van der Waals surface area contributed by atoms with Crippen LogP contribution < -0.4 is 10.1 Å². The molecule has 2 amide bonds. The molecule has 0 saturated heterocycles. The van der Waals surface area contributed by atoms with Crippen molar-refractivity contribution in [1.82, 2.24) is 10.2 Å². The van der Waals surface area contributed by atoms with Crippen LogP contribution in [0.1, 0.15) is 44.7 Å². The first-order chi connectivity index (χ1) is 14.7. The molecule has 0 fully saturated rings. The molecule has 2 aromatic carbocycles. The number of carbonyl (C=O) groups is 2. The first-order valence-corrected chi connectivity index (χ1v) is 11.2. The SMILES string of the molecule is CC[C@@H](C)NC(=O)[C@@H](CC)N(Cc1ccc(C)cc1)C(=O)COc1ccc(Cl)cc1Cl. The zero-order valence-corrected chi connectivity index (χ0v) is 20.0. The van der Waals surface area contributed by atoms with Crippen molar-refractivity contribution in [3.63, 3.8) is 0 Å². The van der Waals surface area contributed by atoms with Crippen LogP contribution >= 0.6 is 23.2 Å². The van der Waals surface area contributed by atoms with Crippen molar-refractivity contribution in [2.45, 2.75) is 59.2 Å². The minimum absolute atomic E-state index is 0.0296. The topological polar surface area (TPSA) is 58.6 Å². The second-order valence-electron chi connectivity index (χ2n) is 7.61. The molecule has 0 aliphatic heterocycles. The van der Waals surface area contributed by atoms with Gasteiger partial charge in [0, 0.05) is 17.6 Å². The van der Waals surface area contributed by atoms with Crippen molar-refractivity contribution in [2.75, 3.05) is 6.61 Å². The average Bonchev–Trinajstić information content (AvgIpc) is 2.74. The monoisotopic (exact) mass is 464 g/mol. The van der Waals surface area contributed by atoms with Crippen LogP contribution in [0.3, 0.4) is 0 Å². The third-order valence-electron chi connectivity index (χ3n) is 5.11. The van der Waals surface area contributed by atoms with E-state index in [1.165, 1.54) is 0 Å². The lowest BCUT2D eigenvalue weighted by Gasteiger charge is -2.31. The number of aryl methyl sites for hydroxylation is 1. The highest BCUT2D eigenvalue weighted by molar-refractivity contribution is 6.35. The number of hydrogen-bond acceptors (Lipinski definition) is 3. The average molecular weight is 465 g/mol. The largest absolute Gasteiger partial charge is 0.482 e. The van der Waals surface area contributed by atoms with E-state index in [4.69, 9.17) is 27.9 Å². The van der Waals surface area contributed by atoms with E-state index in [1.807, 2.05) is 52.0 Å². The normalized spacial score (nSPS) is 12.7. The minimum atomic E-state index is -0.605. The first kappa shape index (κ1) is 25.0. The molecule has 5 nitrogen and oxygen atoms in total. The van der Waals surface area contributed by atoms with Crippen LogP contribution in [0.4, 0.5) is 0 Å². The van der Waals surface area contributed by atoms with Crippen molar-refractivity contribution in [2.24, 2.45) is 0 Å². The van der Waals surface area contributed by atoms with Crippen LogP contribution in [0.2, 0.25) is 10.0 Å². The molecule has 2 atom stereocenters. The molecular formula is C24H30Cl2N2O3. The van der Waals surface area contributed by atoms with E-state index in [0.29, 0.717) is 28.8 Å². The van der Waals surface area contributed by atoms with Gasteiger partial charge in [0.15, 0.2) is 6.61 Å². The Morgan fingerprint density at radius 1 is 1.06 bits per heavy atom. The van der Waals surface area contributed by atoms with Gasteiger partial charge < -0.3 is 15.0 Å². The van der Waals surface area contributed by atoms with Crippen LogP contribution in [0.5, 0.6) is 5.75 Å². The van der Waals surface area contributed by atoms with E-state index in [0.717, 1.165) is 17.5 Å². The molecule has 0 aromatic heterocycles. The highest BCUT2D eigenvalue weighted by Gasteiger charge is 2.29. The number of nitrogens with zero attached hydrogens (tertiary/aromatic N) is 1. The lowest BCUT2D eigenvalue weighted by atomic mass is 10.1. The third kappa shape index (κ3) is 7.44. The van der Waals surface area contributed by atoms with Gasteiger partial charge in [0.1, 0.15) is 11.8 Å². The Bertz CT molecular complexity index is 887. The fraction of sp³-hybridized carbons (Fsp3) is 0.417. The summed E-state index contributed by atoms with van der Waals surface area (Å²) in [5, 5.41) is 3.80. The zero-order chi connectivity index (χ0) is 23.0. The molecule has 0 unspecified atom stereocenters. The van der Waals surface area contributed by atoms with Gasteiger partial charge in [-0.2, -0.15) is 0 Å². The summed E-state index contributed by atoms with van der Waals surface area (Å²) in [5.74, 6) is -0.0913. The van der Waals surface area contributed by atoms with Gasteiger partial charge in [0.25, 0.3) is 5.91 Å². The molecule has 0 aliphatic rings. The summed E-state index contributed by atoms with van der Waals surface area (Å²) in [4.78, 5) is 27.7. The van der Waals surface area contributed by atoms with Crippen molar-refractivity contribution in [3.05, 3.63) is 63.6 Å². The summed E-state index contributed by atoms with van der Waals surface area (Å²) in [6, 6.07) is 12.2. The molecule has 0 bridgehead atoms. The molecule has 0 heterocycles. The molecular weight excluding hydrogens is 435 g/mol. The maximum atomic E-state index is 13.2. The van der Waals surface area contributed by atoms with Crippen LogP contribution in [0.25, 0.3) is 0 Å². The van der Waals surface area contributed by atoms with E-state index < -0.39 is 6.04 Å². The molecule has 0 spiro atoms. The van der Waals surface area contributed by atoms with Gasteiger partial charge >= 0.3 is 0 Å². The van der Waals surface area contributed by atoms with Crippen LogP contribution in [0.15, 0.2) is 42.5 Å². The molecule has 0 aliphatic carbocycles. The summed E-state index contributed by atoms with van der Waals surface area (Å²) >= 11 is 12.1. The highest BCUT2D eigenvalue weighted by atomic mass is 35.5. The molecule has 0 saturated carbocycles. The Morgan fingerprint density at radius 3 is 2.32 bits per heavy atom. The number of ether oxygens (including phenoxy) is 1. The molecule has 31 heavy (non-hydrogen) atoms. The lowest BCUT2D eigenvalue weighted by Crippen LogP contribution is -2.51. The fourth-order valence-corrected chi connectivity index (χ4v) is 3.53. The molecule has 2 aromatic rings. The lowest BCUT2D eigenvalue weighted by molar-refractivity contribution is -0.143. The Balaban J connectivity index is 2.22. The van der Waals surface area contributed by atoms with Gasteiger partial charge in [0.2, 0.25) is 5.91 Å². The second kappa shape index (κ2) is 12.0. The Morgan fingerprint density at radius 2 is 1.74 bits per heavy atom. The molecule has 2 rings (SSSR count). The molecule has 168 valence electrons. The zero-order valence-electron chi connectivity index (χ0n) is 18.5. The maximum Gasteiger partial charge on any atom is 0.261 e. The van der Waals surface area contributed by atoms with Crippen molar-refractivity contribution in [3.8, 4) is 5.75 Å². The predicted molar refractivity (Wildman–Crippen MR) is 126 cm³/mol. The Hall–Kier alpha value is -2.24. The number of nitrogens with one attached hydrogen (secondary N) is 1. The van der Waals surface area contributed by atoms with Crippen LogP contribution in [0, 0.1) is 6.92 Å². The van der Waals surface area contributed by atoms with Gasteiger partial charge in [-0.15, -0.1) is 0 Å². The van der Waals surface area contributed by atoms with Crippen molar-refractivity contribution < 1.29 is 14.3 Å². The van der Waals surface area contributed by atoms with E-state index >= 15 is 0 Å². The number of benzene rings is 2. The third-order valence-corrected chi connectivity index (χ3v) is 5.64. The van der Waals surface area contributed by atoms with E-state index in [1.54, 1.807) is 23.1 Å². The number of hydrogen-bond donors (Lipinski definition) is 1. The van der Waals surface area contributed by atoms with Crippen molar-refractivity contribution >= 4 is 35.0 Å². The van der Waals surface area contributed by atoms with Gasteiger partial charge in [0.05, 0.1) is 5.02 Å². The van der Waals surface area contributed by atoms with Gasteiger partial charge in [-0.25, -0.2) is 0 Å². The quantitative estimate of drug-likeness (QED) is 0.511. The second-order valence-corrected chi connectivity index (χ2v) is 8.46. The number of halogens is 2. The predicted octanol–water partition coefficient (Wildman–Crippen LogP) is 5.40. The summed E-state index contributed by atoms with van der Waals surface area (Å²) < 4.78 is 5.65. The molecule has 7 heteroatoms. The summed E-state index contributed by atoms with van der Waals surface area (Å²) in [5.41, 5.74) is 2.07. The van der Waals surface area contributed by atoms with E-state index in [-0.39, 0.29) is 24.5 Å². The number of carbonyl (C=O) groups excluding carboxylic acids is 2. The minimum Gasteiger partial charge on any atom is -0.482 e. The van der Waals surface area contributed by atoms with Crippen molar-refractivity contribution in [1.29, 1.82) is 0 Å². The highest BCUT2D eigenvalue weighted by Crippen LogP contribution is 2.27. The summed E-state index contributed by atoms with van der Waals surface area (Å²) in [6.07, 6.45) is 1.30. The first-order valence-electron chi connectivity index (χ1n) is 10.5. The fourth-order valence-electron chi connectivity index (χ4n) is 3.07. The maximum absolute atomic E-state index is 13.2. The summed E-state index contributed by atoms with van der Waals surface area (Å²) in [7, 11) is 0. The van der Waals surface area contributed by atoms with Gasteiger partial charge in [-0.1, -0.05) is 66.9 Å². The molecule has 1 N–H and O–H groups in total. The van der Waals surface area contributed by atoms with Crippen LogP contribution in [-0.4, -0.2) is 35.4 Å². The molecule has 0 radical (unpaired) electrons. The number of amides is 2. The van der Waals surface area contributed by atoms with Crippen LogP contribution in [-0.2, 0) is 16.1 Å². The number of rotatable bonds is 10. The van der Waals surface area contributed by atoms with E-state index in [2.05, 4.69) is 5.32 Å². The Kier molecular flexibility index (Phi) is 9.66. The van der Waals surface area contributed by atoms with Gasteiger partial charge in [-0.05, 0) is 50.5 Å². The standard InChI is InChI=1S/C24H30Cl2N2O3/c1-5-17(4)27-24(30)21(6-2)28(14-18-9-7-16(3)8-10-18)23(29)15-31-22-12-11-19(25)13-20(22)26/h7-13,17,21H,5-6,14-15H2,1-4H3,(H,27,30)/t17-,21-/m1/s1.